The summed E-state index contributed by atoms with van der Waals surface area (Å²) in [5.74, 6) is 2.01. The zero-order chi connectivity index (χ0) is 16.7. The van der Waals surface area contributed by atoms with Crippen molar-refractivity contribution < 1.29 is 14.3 Å². The van der Waals surface area contributed by atoms with Crippen LogP contribution in [0.4, 0.5) is 0 Å². The van der Waals surface area contributed by atoms with E-state index in [9.17, 15) is 4.79 Å². The molecule has 0 fully saturated rings. The summed E-state index contributed by atoms with van der Waals surface area (Å²) in [5.41, 5.74) is 0.993. The minimum absolute atomic E-state index is 0.0267. The number of benzene rings is 1. The van der Waals surface area contributed by atoms with Gasteiger partial charge >= 0.3 is 0 Å². The van der Waals surface area contributed by atoms with Crippen LogP contribution in [0.15, 0.2) is 35.8 Å². The van der Waals surface area contributed by atoms with Gasteiger partial charge in [0, 0.05) is 20.6 Å². The first-order valence-corrected chi connectivity index (χ1v) is 7.32. The van der Waals surface area contributed by atoms with E-state index in [1.54, 1.807) is 20.2 Å². The van der Waals surface area contributed by atoms with Crippen molar-refractivity contribution in [3.05, 3.63) is 36.4 Å². The summed E-state index contributed by atoms with van der Waals surface area (Å²) in [6.07, 6.45) is 1.73. The summed E-state index contributed by atoms with van der Waals surface area (Å²) in [7, 11) is 3.43. The van der Waals surface area contributed by atoms with E-state index < -0.39 is 0 Å². The number of ether oxygens (including phenoxy) is 2. The van der Waals surface area contributed by atoms with E-state index in [1.165, 1.54) is 4.90 Å². The molecule has 1 aromatic rings. The lowest BCUT2D eigenvalue weighted by atomic mass is 10.2. The van der Waals surface area contributed by atoms with E-state index in [0.717, 1.165) is 17.1 Å². The zero-order valence-corrected chi connectivity index (χ0v) is 13.5. The lowest BCUT2D eigenvalue weighted by molar-refractivity contribution is -0.127. The maximum absolute atomic E-state index is 11.7. The topological polar surface area (TPSA) is 75.2 Å². The van der Waals surface area contributed by atoms with Crippen LogP contribution in [-0.2, 0) is 11.3 Å². The van der Waals surface area contributed by atoms with Crippen LogP contribution in [0.1, 0.15) is 5.56 Å². The van der Waals surface area contributed by atoms with Gasteiger partial charge in [0.2, 0.25) is 12.7 Å². The van der Waals surface area contributed by atoms with Crippen LogP contribution in [0, 0.1) is 0 Å². The van der Waals surface area contributed by atoms with Gasteiger partial charge in [-0.1, -0.05) is 12.1 Å². The molecule has 1 amide bonds. The standard InChI is InChI=1S/C16H22N4O3/c1-4-7-17-16(19-10-15(21)20(2)3)18-9-12-5-6-13-14(8-12)23-11-22-13/h4-6,8H,1,7,9-11H2,2-3H3,(H2,17,18,19). The molecular weight excluding hydrogens is 296 g/mol. The third kappa shape index (κ3) is 4.91. The minimum Gasteiger partial charge on any atom is -0.454 e. The number of hydrogen-bond donors (Lipinski definition) is 2. The molecule has 0 radical (unpaired) electrons. The van der Waals surface area contributed by atoms with Gasteiger partial charge in [-0.15, -0.1) is 6.58 Å². The number of rotatable bonds is 6. The molecule has 0 bridgehead atoms. The molecular formula is C16H22N4O3. The SMILES string of the molecule is C=CCNC(=NCc1ccc2c(c1)OCO2)NCC(=O)N(C)C. The summed E-state index contributed by atoms with van der Waals surface area (Å²) < 4.78 is 10.6. The normalized spacial score (nSPS) is 12.7. The molecule has 0 saturated heterocycles. The molecule has 0 spiro atoms. The lowest BCUT2D eigenvalue weighted by Crippen LogP contribution is -2.43. The Morgan fingerprint density at radius 1 is 1.35 bits per heavy atom. The predicted octanol–water partition coefficient (Wildman–Crippen LogP) is 0.725. The zero-order valence-electron chi connectivity index (χ0n) is 13.5. The van der Waals surface area contributed by atoms with Gasteiger partial charge in [0.25, 0.3) is 0 Å². The number of aliphatic imine (C=N–C) groups is 1. The number of likely N-dealkylation sites (N-methyl/N-ethyl adjacent to an activating group) is 1. The number of nitrogens with one attached hydrogen (secondary N) is 2. The van der Waals surface area contributed by atoms with Gasteiger partial charge in [-0.05, 0) is 17.7 Å². The van der Waals surface area contributed by atoms with Crippen molar-refractivity contribution in [2.75, 3.05) is 34.0 Å². The number of fused-ring (bicyclic) bond motifs is 1. The summed E-state index contributed by atoms with van der Waals surface area (Å²) >= 11 is 0. The molecule has 124 valence electrons. The van der Waals surface area contributed by atoms with Crippen LogP contribution in [0.5, 0.6) is 11.5 Å². The minimum atomic E-state index is -0.0267. The molecule has 2 rings (SSSR count). The van der Waals surface area contributed by atoms with Crippen LogP contribution in [0.2, 0.25) is 0 Å². The Hall–Kier alpha value is -2.70. The largest absolute Gasteiger partial charge is 0.454 e. The van der Waals surface area contributed by atoms with Crippen molar-refractivity contribution >= 4 is 11.9 Å². The molecule has 1 aromatic carbocycles. The Morgan fingerprint density at radius 3 is 2.87 bits per heavy atom. The average Bonchev–Trinajstić information content (AvgIpc) is 3.01. The molecule has 0 aromatic heterocycles. The second-order valence-electron chi connectivity index (χ2n) is 5.16. The van der Waals surface area contributed by atoms with Gasteiger partial charge in [0.05, 0.1) is 13.1 Å². The molecule has 23 heavy (non-hydrogen) atoms. The van der Waals surface area contributed by atoms with Crippen molar-refractivity contribution in [2.24, 2.45) is 4.99 Å². The van der Waals surface area contributed by atoms with Gasteiger partial charge in [0.1, 0.15) is 0 Å². The molecule has 1 aliphatic heterocycles. The van der Waals surface area contributed by atoms with Gasteiger partial charge in [-0.3, -0.25) is 4.79 Å². The summed E-state index contributed by atoms with van der Waals surface area (Å²) in [5, 5.41) is 6.08. The summed E-state index contributed by atoms with van der Waals surface area (Å²) in [6, 6.07) is 5.71. The van der Waals surface area contributed by atoms with E-state index >= 15 is 0 Å². The van der Waals surface area contributed by atoms with Crippen molar-refractivity contribution in [1.29, 1.82) is 0 Å². The fourth-order valence-electron chi connectivity index (χ4n) is 1.87. The van der Waals surface area contributed by atoms with Crippen molar-refractivity contribution in [2.45, 2.75) is 6.54 Å². The first kappa shape index (κ1) is 16.7. The molecule has 7 heteroatoms. The number of carbonyl (C=O) groups excluding carboxylic acids is 1. The maximum atomic E-state index is 11.7. The summed E-state index contributed by atoms with van der Waals surface area (Å²) in [6.45, 7) is 5.11. The molecule has 0 saturated carbocycles. The highest BCUT2D eigenvalue weighted by molar-refractivity contribution is 5.86. The van der Waals surface area contributed by atoms with Gasteiger partial charge in [-0.2, -0.15) is 0 Å². The van der Waals surface area contributed by atoms with Crippen LogP contribution in [0.3, 0.4) is 0 Å². The maximum Gasteiger partial charge on any atom is 0.241 e. The molecule has 1 heterocycles. The fraction of sp³-hybridized carbons (Fsp3) is 0.375. The molecule has 2 N–H and O–H groups in total. The Bertz CT molecular complexity index is 599. The number of nitrogens with zero attached hydrogens (tertiary/aromatic N) is 2. The first-order valence-electron chi connectivity index (χ1n) is 7.32. The lowest BCUT2D eigenvalue weighted by Gasteiger charge is -2.14. The Labute approximate surface area is 136 Å². The highest BCUT2D eigenvalue weighted by Gasteiger charge is 2.13. The summed E-state index contributed by atoms with van der Waals surface area (Å²) in [4.78, 5) is 17.6. The predicted molar refractivity (Wildman–Crippen MR) is 88.6 cm³/mol. The third-order valence-corrected chi connectivity index (χ3v) is 3.18. The third-order valence-electron chi connectivity index (χ3n) is 3.18. The number of guanidine groups is 1. The average molecular weight is 318 g/mol. The number of amides is 1. The van der Waals surface area contributed by atoms with E-state index in [-0.39, 0.29) is 19.2 Å². The molecule has 1 aliphatic rings. The number of hydrogen-bond acceptors (Lipinski definition) is 4. The highest BCUT2D eigenvalue weighted by Crippen LogP contribution is 2.32. The van der Waals surface area contributed by atoms with E-state index in [1.807, 2.05) is 18.2 Å². The smallest absolute Gasteiger partial charge is 0.241 e. The van der Waals surface area contributed by atoms with Crippen LogP contribution < -0.4 is 20.1 Å². The van der Waals surface area contributed by atoms with Crippen molar-refractivity contribution in [3.8, 4) is 11.5 Å². The molecule has 7 nitrogen and oxygen atoms in total. The molecule has 0 unspecified atom stereocenters. The van der Waals surface area contributed by atoms with E-state index in [0.29, 0.717) is 19.0 Å². The van der Waals surface area contributed by atoms with Gasteiger partial charge in [-0.25, -0.2) is 4.99 Å². The van der Waals surface area contributed by atoms with Crippen LogP contribution in [-0.4, -0.2) is 50.7 Å². The Balaban J connectivity index is 1.98. The Kier molecular flexibility index (Phi) is 5.85. The second-order valence-corrected chi connectivity index (χ2v) is 5.16. The van der Waals surface area contributed by atoms with E-state index in [4.69, 9.17) is 9.47 Å². The highest BCUT2D eigenvalue weighted by atomic mass is 16.7. The quantitative estimate of drug-likeness (QED) is 0.459. The number of carbonyl (C=O) groups is 1. The molecule has 0 aliphatic carbocycles. The van der Waals surface area contributed by atoms with Crippen molar-refractivity contribution in [1.82, 2.24) is 15.5 Å². The van der Waals surface area contributed by atoms with Gasteiger partial charge in [0.15, 0.2) is 17.5 Å². The first-order chi connectivity index (χ1) is 11.1. The van der Waals surface area contributed by atoms with Crippen LogP contribution >= 0.6 is 0 Å². The Morgan fingerprint density at radius 2 is 2.13 bits per heavy atom. The monoisotopic (exact) mass is 318 g/mol. The van der Waals surface area contributed by atoms with E-state index in [2.05, 4.69) is 22.2 Å². The molecule has 0 atom stereocenters. The second kappa shape index (κ2) is 8.07. The van der Waals surface area contributed by atoms with Gasteiger partial charge < -0.3 is 25.0 Å². The van der Waals surface area contributed by atoms with Crippen molar-refractivity contribution in [3.63, 3.8) is 0 Å². The fourth-order valence-corrected chi connectivity index (χ4v) is 1.87. The van der Waals surface area contributed by atoms with Crippen LogP contribution in [0.25, 0.3) is 0 Å².